The van der Waals surface area contributed by atoms with E-state index in [1.807, 2.05) is 0 Å². The van der Waals surface area contributed by atoms with Gasteiger partial charge in [-0.05, 0) is 24.3 Å². The lowest BCUT2D eigenvalue weighted by Gasteiger charge is -2.04. The van der Waals surface area contributed by atoms with Crippen LogP contribution in [0, 0.1) is 0 Å². The first-order valence-electron chi connectivity index (χ1n) is 6.93. The van der Waals surface area contributed by atoms with E-state index in [2.05, 4.69) is 0 Å². The SMILES string of the molecule is O=C(O)c1ccc(C(=O)O)c(O)c1O.O=C(O)c1ccc(C(=O)O)c(O)c1O. The standard InChI is InChI=1S/2C8H6O6/c2*9-5-3(7(11)12)1-2-4(6(5)10)8(13)14/h2*1-2,9-10H,(H,11,12)(H,13,14). The minimum absolute atomic E-state index is 0.549. The molecule has 28 heavy (non-hydrogen) atoms. The summed E-state index contributed by atoms with van der Waals surface area (Å²) in [5, 5.41) is 70.4. The Balaban J connectivity index is 0.000000280. The number of phenols is 4. The van der Waals surface area contributed by atoms with Crippen molar-refractivity contribution in [3.8, 4) is 23.0 Å². The summed E-state index contributed by atoms with van der Waals surface area (Å²) >= 11 is 0. The third kappa shape index (κ3) is 4.37. The fraction of sp³-hybridized carbons (Fsp3) is 0. The van der Waals surface area contributed by atoms with Crippen molar-refractivity contribution in [3.63, 3.8) is 0 Å². The van der Waals surface area contributed by atoms with Crippen LogP contribution in [0.5, 0.6) is 23.0 Å². The van der Waals surface area contributed by atoms with Crippen LogP contribution in [0.4, 0.5) is 0 Å². The number of carboxylic acids is 4. The van der Waals surface area contributed by atoms with Gasteiger partial charge in [0.2, 0.25) is 0 Å². The summed E-state index contributed by atoms with van der Waals surface area (Å²) < 4.78 is 0. The van der Waals surface area contributed by atoms with Crippen LogP contribution in [-0.2, 0) is 0 Å². The zero-order valence-electron chi connectivity index (χ0n) is 13.5. The monoisotopic (exact) mass is 396 g/mol. The number of aromatic hydroxyl groups is 4. The van der Waals surface area contributed by atoms with E-state index in [4.69, 9.17) is 40.9 Å². The Morgan fingerprint density at radius 3 is 0.679 bits per heavy atom. The Morgan fingerprint density at radius 1 is 0.429 bits per heavy atom. The number of benzene rings is 2. The van der Waals surface area contributed by atoms with Crippen LogP contribution in [0.15, 0.2) is 24.3 Å². The third-order valence-corrected chi connectivity index (χ3v) is 3.22. The van der Waals surface area contributed by atoms with Gasteiger partial charge in [-0.25, -0.2) is 19.2 Å². The molecule has 0 bridgehead atoms. The molecular weight excluding hydrogens is 384 g/mol. The molecule has 0 radical (unpaired) electrons. The zero-order valence-corrected chi connectivity index (χ0v) is 13.5. The molecule has 0 atom stereocenters. The number of aromatic carboxylic acids is 4. The molecule has 8 N–H and O–H groups in total. The highest BCUT2D eigenvalue weighted by molar-refractivity contribution is 5.98. The normalized spacial score (nSPS) is 9.71. The second kappa shape index (κ2) is 8.27. The molecule has 2 aromatic carbocycles. The molecule has 0 spiro atoms. The number of hydrogen-bond acceptors (Lipinski definition) is 8. The maximum absolute atomic E-state index is 10.4. The highest BCUT2D eigenvalue weighted by Crippen LogP contribution is 2.33. The van der Waals surface area contributed by atoms with Crippen molar-refractivity contribution in [3.05, 3.63) is 46.5 Å². The van der Waals surface area contributed by atoms with E-state index in [9.17, 15) is 19.2 Å². The summed E-state index contributed by atoms with van der Waals surface area (Å²) in [5.74, 6) is -9.58. The fourth-order valence-electron chi connectivity index (χ4n) is 1.85. The van der Waals surface area contributed by atoms with Crippen LogP contribution in [-0.4, -0.2) is 64.7 Å². The summed E-state index contributed by atoms with van der Waals surface area (Å²) in [6.45, 7) is 0. The van der Waals surface area contributed by atoms with Crippen LogP contribution < -0.4 is 0 Å². The van der Waals surface area contributed by atoms with E-state index in [0.29, 0.717) is 0 Å². The minimum atomic E-state index is -1.45. The first-order chi connectivity index (χ1) is 12.9. The summed E-state index contributed by atoms with van der Waals surface area (Å²) in [4.78, 5) is 41.7. The Bertz CT molecular complexity index is 819. The van der Waals surface area contributed by atoms with Gasteiger partial charge in [-0.15, -0.1) is 0 Å². The molecule has 12 nitrogen and oxygen atoms in total. The first kappa shape index (κ1) is 21.6. The Morgan fingerprint density at radius 2 is 0.571 bits per heavy atom. The number of carbonyl (C=O) groups is 4. The van der Waals surface area contributed by atoms with E-state index in [1.165, 1.54) is 0 Å². The molecule has 12 heteroatoms. The minimum Gasteiger partial charge on any atom is -0.504 e. The first-order valence-corrected chi connectivity index (χ1v) is 6.93. The topological polar surface area (TPSA) is 230 Å². The van der Waals surface area contributed by atoms with E-state index >= 15 is 0 Å². The van der Waals surface area contributed by atoms with Gasteiger partial charge in [-0.3, -0.25) is 0 Å². The number of hydrogen-bond donors (Lipinski definition) is 8. The van der Waals surface area contributed by atoms with E-state index < -0.39 is 69.1 Å². The van der Waals surface area contributed by atoms with Gasteiger partial charge in [-0.1, -0.05) is 0 Å². The summed E-state index contributed by atoms with van der Waals surface area (Å²) in [6.07, 6.45) is 0. The second-order valence-electron chi connectivity index (χ2n) is 4.94. The average Bonchev–Trinajstić information content (AvgIpc) is 2.58. The number of rotatable bonds is 4. The van der Waals surface area contributed by atoms with Crippen molar-refractivity contribution in [2.24, 2.45) is 0 Å². The predicted octanol–water partition coefficient (Wildman–Crippen LogP) is 0.988. The lowest BCUT2D eigenvalue weighted by molar-refractivity contribution is 0.0674. The van der Waals surface area contributed by atoms with Crippen LogP contribution in [0.3, 0.4) is 0 Å². The van der Waals surface area contributed by atoms with Gasteiger partial charge in [0.15, 0.2) is 23.0 Å². The Kier molecular flexibility index (Phi) is 6.37. The molecule has 2 rings (SSSR count). The maximum Gasteiger partial charge on any atom is 0.339 e. The molecule has 0 amide bonds. The molecule has 0 aromatic heterocycles. The third-order valence-electron chi connectivity index (χ3n) is 3.22. The molecule has 0 unspecified atom stereocenters. The largest absolute Gasteiger partial charge is 0.504 e. The maximum atomic E-state index is 10.4. The van der Waals surface area contributed by atoms with Gasteiger partial charge in [0.25, 0.3) is 0 Å². The molecule has 148 valence electrons. The lowest BCUT2D eigenvalue weighted by Crippen LogP contribution is -2.01. The molecule has 0 aliphatic heterocycles. The van der Waals surface area contributed by atoms with E-state index in [1.54, 1.807) is 0 Å². The highest BCUT2D eigenvalue weighted by Gasteiger charge is 2.20. The smallest absolute Gasteiger partial charge is 0.339 e. The van der Waals surface area contributed by atoms with Gasteiger partial charge in [0, 0.05) is 0 Å². The van der Waals surface area contributed by atoms with E-state index in [0.717, 1.165) is 24.3 Å². The highest BCUT2D eigenvalue weighted by atomic mass is 16.4. The fourth-order valence-corrected chi connectivity index (χ4v) is 1.85. The van der Waals surface area contributed by atoms with Crippen molar-refractivity contribution in [2.75, 3.05) is 0 Å². The van der Waals surface area contributed by atoms with Gasteiger partial charge in [-0.2, -0.15) is 0 Å². The van der Waals surface area contributed by atoms with Crippen molar-refractivity contribution in [1.29, 1.82) is 0 Å². The molecule has 0 aliphatic carbocycles. The molecule has 0 saturated carbocycles. The molecular formula is C16H12O12. The van der Waals surface area contributed by atoms with Gasteiger partial charge in [0.1, 0.15) is 22.3 Å². The molecule has 0 aliphatic rings. The van der Waals surface area contributed by atoms with Crippen molar-refractivity contribution >= 4 is 23.9 Å². The van der Waals surface area contributed by atoms with Gasteiger partial charge >= 0.3 is 23.9 Å². The lowest BCUT2D eigenvalue weighted by atomic mass is 10.1. The van der Waals surface area contributed by atoms with Gasteiger partial charge < -0.3 is 40.9 Å². The Hall–Kier alpha value is -4.48. The Labute approximate surface area is 154 Å². The van der Waals surface area contributed by atoms with Crippen molar-refractivity contribution < 1.29 is 60.0 Å². The van der Waals surface area contributed by atoms with Crippen LogP contribution in [0.2, 0.25) is 0 Å². The quantitative estimate of drug-likeness (QED) is 0.338. The summed E-state index contributed by atoms with van der Waals surface area (Å²) in [6, 6.07) is 3.61. The predicted molar refractivity (Wildman–Crippen MR) is 87.4 cm³/mol. The second-order valence-corrected chi connectivity index (χ2v) is 4.94. The van der Waals surface area contributed by atoms with Crippen LogP contribution in [0.1, 0.15) is 41.4 Å². The summed E-state index contributed by atoms with van der Waals surface area (Å²) in [5.41, 5.74) is -2.19. The number of carboxylic acid groups (broad SMARTS) is 4. The molecule has 2 aromatic rings. The average molecular weight is 396 g/mol. The van der Waals surface area contributed by atoms with Crippen LogP contribution in [0.25, 0.3) is 0 Å². The van der Waals surface area contributed by atoms with Gasteiger partial charge in [0.05, 0.1) is 0 Å². The molecule has 0 heterocycles. The summed E-state index contributed by atoms with van der Waals surface area (Å²) in [7, 11) is 0. The van der Waals surface area contributed by atoms with Crippen LogP contribution >= 0.6 is 0 Å². The zero-order chi connectivity index (χ0) is 21.8. The molecule has 0 fully saturated rings. The van der Waals surface area contributed by atoms with Crippen molar-refractivity contribution in [2.45, 2.75) is 0 Å². The molecule has 0 saturated heterocycles. The van der Waals surface area contributed by atoms with Crippen molar-refractivity contribution in [1.82, 2.24) is 0 Å². The van der Waals surface area contributed by atoms with E-state index in [-0.39, 0.29) is 0 Å².